The standard InChI is InChI=1S/C15H21N3O3/c1-2-15(21)5-3-4-10-8-18(9-11(10)15)14(20)12-6-16-7-13(19)17-12/h6-7,10-11,21H,2-5,8-9H2,1H3,(H,17,19)/t10-,11+,15-/m0/s1. The van der Waals surface area contributed by atoms with Gasteiger partial charge in [-0.15, -0.1) is 0 Å². The summed E-state index contributed by atoms with van der Waals surface area (Å²) in [7, 11) is 0. The average Bonchev–Trinajstić information content (AvgIpc) is 2.92. The van der Waals surface area contributed by atoms with Gasteiger partial charge >= 0.3 is 0 Å². The summed E-state index contributed by atoms with van der Waals surface area (Å²) in [5.74, 6) is 0.299. The third kappa shape index (κ3) is 2.48. The summed E-state index contributed by atoms with van der Waals surface area (Å²) in [5, 5.41) is 10.8. The molecule has 1 amide bonds. The average molecular weight is 291 g/mol. The third-order valence-electron chi connectivity index (χ3n) is 5.10. The van der Waals surface area contributed by atoms with E-state index in [-0.39, 0.29) is 23.1 Å². The molecule has 1 aromatic heterocycles. The fourth-order valence-electron chi connectivity index (χ4n) is 3.89. The number of hydrogen-bond acceptors (Lipinski definition) is 4. The molecule has 0 spiro atoms. The summed E-state index contributed by atoms with van der Waals surface area (Å²) in [6, 6.07) is 0. The Kier molecular flexibility index (Phi) is 3.57. The summed E-state index contributed by atoms with van der Waals surface area (Å²) >= 11 is 0. The molecule has 3 rings (SSSR count). The number of H-pyrrole nitrogens is 1. The lowest BCUT2D eigenvalue weighted by atomic mass is 9.69. The number of hydrogen-bond donors (Lipinski definition) is 2. The van der Waals surface area contributed by atoms with Crippen LogP contribution in [0.2, 0.25) is 0 Å². The van der Waals surface area contributed by atoms with Crippen molar-refractivity contribution >= 4 is 5.91 Å². The Morgan fingerprint density at radius 3 is 3.05 bits per heavy atom. The van der Waals surface area contributed by atoms with Crippen molar-refractivity contribution in [3.63, 3.8) is 0 Å². The second kappa shape index (κ2) is 5.26. The SMILES string of the molecule is CC[C@]1(O)CCC[C@H]2CN(C(=O)c3cncc(=O)[nH]3)C[C@H]21. The van der Waals surface area contributed by atoms with Crippen LogP contribution < -0.4 is 5.56 Å². The fourth-order valence-corrected chi connectivity index (χ4v) is 3.89. The minimum absolute atomic E-state index is 0.142. The highest BCUT2D eigenvalue weighted by Crippen LogP contribution is 2.44. The van der Waals surface area contributed by atoms with Gasteiger partial charge < -0.3 is 15.0 Å². The molecule has 2 heterocycles. The van der Waals surface area contributed by atoms with E-state index in [4.69, 9.17) is 0 Å². The Labute approximate surface area is 123 Å². The number of nitrogens with one attached hydrogen (secondary N) is 1. The zero-order valence-electron chi connectivity index (χ0n) is 12.2. The molecule has 2 aliphatic rings. The van der Waals surface area contributed by atoms with E-state index < -0.39 is 5.60 Å². The Balaban J connectivity index is 1.80. The molecule has 0 aromatic carbocycles. The molecule has 6 heteroatoms. The van der Waals surface area contributed by atoms with Gasteiger partial charge in [0.05, 0.1) is 18.0 Å². The maximum absolute atomic E-state index is 12.5. The van der Waals surface area contributed by atoms with E-state index in [2.05, 4.69) is 9.97 Å². The molecule has 6 nitrogen and oxygen atoms in total. The Hall–Kier alpha value is -1.69. The van der Waals surface area contributed by atoms with Crippen LogP contribution in [0, 0.1) is 11.8 Å². The monoisotopic (exact) mass is 291 g/mol. The number of nitrogens with zero attached hydrogens (tertiary/aromatic N) is 2. The summed E-state index contributed by atoms with van der Waals surface area (Å²) in [4.78, 5) is 31.8. The van der Waals surface area contributed by atoms with Gasteiger partial charge in [-0.25, -0.2) is 0 Å². The fraction of sp³-hybridized carbons (Fsp3) is 0.667. The molecule has 1 aromatic rings. The van der Waals surface area contributed by atoms with Crippen molar-refractivity contribution in [2.24, 2.45) is 11.8 Å². The lowest BCUT2D eigenvalue weighted by Gasteiger charge is -2.40. The van der Waals surface area contributed by atoms with Crippen LogP contribution in [0.1, 0.15) is 43.1 Å². The quantitative estimate of drug-likeness (QED) is 0.843. The number of carbonyl (C=O) groups excluding carboxylic acids is 1. The van der Waals surface area contributed by atoms with Gasteiger partial charge in [-0.1, -0.05) is 13.3 Å². The Bertz CT molecular complexity index is 600. The number of fused-ring (bicyclic) bond motifs is 1. The smallest absolute Gasteiger partial charge is 0.271 e. The van der Waals surface area contributed by atoms with Crippen molar-refractivity contribution in [1.29, 1.82) is 0 Å². The summed E-state index contributed by atoms with van der Waals surface area (Å²) in [6.07, 6.45) is 6.14. The van der Waals surface area contributed by atoms with Crippen LogP contribution in [-0.4, -0.2) is 44.6 Å². The molecule has 1 saturated carbocycles. The van der Waals surface area contributed by atoms with Gasteiger partial charge in [0.25, 0.3) is 11.5 Å². The van der Waals surface area contributed by atoms with Crippen LogP contribution in [0.15, 0.2) is 17.2 Å². The van der Waals surface area contributed by atoms with Gasteiger partial charge in [0, 0.05) is 19.0 Å². The van der Waals surface area contributed by atoms with E-state index in [1.54, 1.807) is 4.90 Å². The van der Waals surface area contributed by atoms with Gasteiger partial charge in [0.1, 0.15) is 5.69 Å². The molecule has 3 atom stereocenters. The molecule has 2 N–H and O–H groups in total. The lowest BCUT2D eigenvalue weighted by molar-refractivity contribution is -0.0609. The minimum Gasteiger partial charge on any atom is -0.390 e. The van der Waals surface area contributed by atoms with Crippen LogP contribution >= 0.6 is 0 Å². The molecule has 114 valence electrons. The Morgan fingerprint density at radius 2 is 2.33 bits per heavy atom. The number of amides is 1. The zero-order valence-corrected chi connectivity index (χ0v) is 12.2. The van der Waals surface area contributed by atoms with E-state index in [1.165, 1.54) is 6.20 Å². The molecular formula is C15H21N3O3. The molecule has 1 saturated heterocycles. The number of aromatic amines is 1. The normalized spacial score (nSPS) is 32.0. The highest BCUT2D eigenvalue weighted by molar-refractivity contribution is 5.92. The topological polar surface area (TPSA) is 86.3 Å². The van der Waals surface area contributed by atoms with Crippen molar-refractivity contribution in [1.82, 2.24) is 14.9 Å². The van der Waals surface area contributed by atoms with Gasteiger partial charge in [-0.05, 0) is 25.2 Å². The first-order chi connectivity index (χ1) is 10.0. The van der Waals surface area contributed by atoms with Crippen LogP contribution in [0.4, 0.5) is 0 Å². The molecule has 21 heavy (non-hydrogen) atoms. The molecule has 0 radical (unpaired) electrons. The van der Waals surface area contributed by atoms with E-state index in [1.807, 2.05) is 6.92 Å². The van der Waals surface area contributed by atoms with Gasteiger partial charge in [-0.2, -0.15) is 0 Å². The van der Waals surface area contributed by atoms with Crippen LogP contribution in [-0.2, 0) is 0 Å². The molecule has 1 aliphatic heterocycles. The lowest BCUT2D eigenvalue weighted by Crippen LogP contribution is -2.44. The van der Waals surface area contributed by atoms with Crippen molar-refractivity contribution in [2.75, 3.05) is 13.1 Å². The maximum atomic E-state index is 12.5. The van der Waals surface area contributed by atoms with E-state index in [0.29, 0.717) is 19.0 Å². The first-order valence-corrected chi connectivity index (χ1v) is 7.59. The summed E-state index contributed by atoms with van der Waals surface area (Å²) in [6.45, 7) is 3.22. The number of aromatic nitrogens is 2. The van der Waals surface area contributed by atoms with Gasteiger partial charge in [-0.3, -0.25) is 14.6 Å². The van der Waals surface area contributed by atoms with Crippen molar-refractivity contribution in [3.05, 3.63) is 28.4 Å². The van der Waals surface area contributed by atoms with E-state index in [0.717, 1.165) is 31.9 Å². The first kappa shape index (κ1) is 14.3. The third-order valence-corrected chi connectivity index (χ3v) is 5.10. The first-order valence-electron chi connectivity index (χ1n) is 7.59. The van der Waals surface area contributed by atoms with Crippen LogP contribution in [0.3, 0.4) is 0 Å². The molecule has 1 aliphatic carbocycles. The van der Waals surface area contributed by atoms with Crippen LogP contribution in [0.5, 0.6) is 0 Å². The van der Waals surface area contributed by atoms with Gasteiger partial charge in [0.2, 0.25) is 0 Å². The maximum Gasteiger partial charge on any atom is 0.271 e. The Morgan fingerprint density at radius 1 is 1.52 bits per heavy atom. The second-order valence-corrected chi connectivity index (χ2v) is 6.24. The molecular weight excluding hydrogens is 270 g/mol. The van der Waals surface area contributed by atoms with Crippen molar-refractivity contribution in [2.45, 2.75) is 38.2 Å². The number of likely N-dealkylation sites (tertiary alicyclic amines) is 1. The zero-order chi connectivity index (χ0) is 15.0. The molecule has 0 unspecified atom stereocenters. The second-order valence-electron chi connectivity index (χ2n) is 6.24. The molecule has 2 fully saturated rings. The van der Waals surface area contributed by atoms with Crippen molar-refractivity contribution in [3.8, 4) is 0 Å². The minimum atomic E-state index is -0.652. The summed E-state index contributed by atoms with van der Waals surface area (Å²) in [5.41, 5.74) is -0.802. The number of aliphatic hydroxyl groups is 1. The van der Waals surface area contributed by atoms with Crippen LogP contribution in [0.25, 0.3) is 0 Å². The predicted molar refractivity (Wildman–Crippen MR) is 76.8 cm³/mol. The van der Waals surface area contributed by atoms with Gasteiger partial charge in [0.15, 0.2) is 0 Å². The largest absolute Gasteiger partial charge is 0.390 e. The molecule has 0 bridgehead atoms. The summed E-state index contributed by atoms with van der Waals surface area (Å²) < 4.78 is 0. The number of carbonyl (C=O) groups is 1. The van der Waals surface area contributed by atoms with Crippen molar-refractivity contribution < 1.29 is 9.90 Å². The number of rotatable bonds is 2. The predicted octanol–water partition coefficient (Wildman–Crippen LogP) is 0.783. The van der Waals surface area contributed by atoms with E-state index >= 15 is 0 Å². The van der Waals surface area contributed by atoms with E-state index in [9.17, 15) is 14.7 Å². The highest BCUT2D eigenvalue weighted by Gasteiger charge is 2.48. The highest BCUT2D eigenvalue weighted by atomic mass is 16.3.